The van der Waals surface area contributed by atoms with Crippen LogP contribution in [0.5, 0.6) is 5.75 Å². The van der Waals surface area contributed by atoms with Crippen LogP contribution >= 0.6 is 0 Å². The molecule has 0 bridgehead atoms. The third kappa shape index (κ3) is 1.27. The number of nitrogen functional groups attached to an aromatic ring is 1. The number of rotatable bonds is 0. The lowest BCUT2D eigenvalue weighted by atomic mass is 10.1. The van der Waals surface area contributed by atoms with Crippen LogP contribution in [-0.4, -0.2) is 10.1 Å². The average molecular weight is 226 g/mol. The summed E-state index contributed by atoms with van der Waals surface area (Å²) in [7, 11) is 0. The van der Waals surface area contributed by atoms with E-state index < -0.39 is 0 Å². The molecule has 0 saturated carbocycles. The fourth-order valence-corrected chi connectivity index (χ4v) is 2.03. The van der Waals surface area contributed by atoms with Crippen molar-refractivity contribution in [1.82, 2.24) is 4.98 Å². The fraction of sp³-hybridized carbons (Fsp3) is 0. The molecule has 84 valence electrons. The van der Waals surface area contributed by atoms with E-state index in [-0.39, 0.29) is 11.2 Å². The number of hydrogen-bond donors (Lipinski definition) is 3. The first-order valence-electron chi connectivity index (χ1n) is 5.20. The Kier molecular flexibility index (Phi) is 1.86. The molecule has 4 heteroatoms. The molecular weight excluding hydrogens is 216 g/mol. The van der Waals surface area contributed by atoms with E-state index in [1.807, 2.05) is 0 Å². The SMILES string of the molecule is Nc1cccc2c(=O)c3cccc(O)c3[nH]c12. The molecule has 0 saturated heterocycles. The van der Waals surface area contributed by atoms with Gasteiger partial charge in [0, 0.05) is 10.8 Å². The molecule has 0 aliphatic rings. The number of phenols is 1. The number of aromatic amines is 1. The van der Waals surface area contributed by atoms with Gasteiger partial charge in [0.25, 0.3) is 0 Å². The Morgan fingerprint density at radius 1 is 1.00 bits per heavy atom. The van der Waals surface area contributed by atoms with Crippen LogP contribution < -0.4 is 11.2 Å². The van der Waals surface area contributed by atoms with E-state index in [2.05, 4.69) is 4.98 Å². The number of pyridine rings is 1. The largest absolute Gasteiger partial charge is 0.506 e. The minimum absolute atomic E-state index is 0.0461. The summed E-state index contributed by atoms with van der Waals surface area (Å²) in [4.78, 5) is 15.2. The summed E-state index contributed by atoms with van der Waals surface area (Å²) in [6.45, 7) is 0. The minimum Gasteiger partial charge on any atom is -0.506 e. The molecule has 4 N–H and O–H groups in total. The molecule has 4 nitrogen and oxygen atoms in total. The van der Waals surface area contributed by atoms with Gasteiger partial charge in [-0.1, -0.05) is 12.1 Å². The molecule has 0 aliphatic carbocycles. The molecule has 0 spiro atoms. The van der Waals surface area contributed by atoms with Crippen molar-refractivity contribution in [2.75, 3.05) is 5.73 Å². The lowest BCUT2D eigenvalue weighted by Crippen LogP contribution is -2.05. The normalized spacial score (nSPS) is 11.1. The highest BCUT2D eigenvalue weighted by Gasteiger charge is 2.09. The number of aromatic hydroxyl groups is 1. The number of fused-ring (bicyclic) bond motifs is 2. The molecule has 3 rings (SSSR count). The Morgan fingerprint density at radius 2 is 1.65 bits per heavy atom. The van der Waals surface area contributed by atoms with Crippen LogP contribution in [0.4, 0.5) is 5.69 Å². The molecule has 0 unspecified atom stereocenters. The smallest absolute Gasteiger partial charge is 0.197 e. The van der Waals surface area contributed by atoms with E-state index in [0.717, 1.165) is 0 Å². The number of para-hydroxylation sites is 2. The number of phenolic OH excluding ortho intramolecular Hbond substituents is 1. The maximum absolute atomic E-state index is 12.2. The zero-order valence-corrected chi connectivity index (χ0v) is 8.90. The molecule has 0 atom stereocenters. The quantitative estimate of drug-likeness (QED) is 0.405. The van der Waals surface area contributed by atoms with Gasteiger partial charge in [0.1, 0.15) is 5.75 Å². The van der Waals surface area contributed by atoms with Crippen LogP contribution in [0.2, 0.25) is 0 Å². The summed E-state index contributed by atoms with van der Waals surface area (Å²) in [5, 5.41) is 10.7. The second kappa shape index (κ2) is 3.25. The van der Waals surface area contributed by atoms with Gasteiger partial charge >= 0.3 is 0 Å². The first-order valence-corrected chi connectivity index (χ1v) is 5.20. The Labute approximate surface area is 96.3 Å². The van der Waals surface area contributed by atoms with Gasteiger partial charge in [-0.25, -0.2) is 0 Å². The van der Waals surface area contributed by atoms with Crippen molar-refractivity contribution in [1.29, 1.82) is 0 Å². The highest BCUT2D eigenvalue weighted by Crippen LogP contribution is 2.24. The van der Waals surface area contributed by atoms with Gasteiger partial charge in [0.05, 0.1) is 16.7 Å². The summed E-state index contributed by atoms with van der Waals surface area (Å²) >= 11 is 0. The third-order valence-corrected chi connectivity index (χ3v) is 2.88. The summed E-state index contributed by atoms with van der Waals surface area (Å²) in [6.07, 6.45) is 0. The van der Waals surface area contributed by atoms with Crippen molar-refractivity contribution in [3.63, 3.8) is 0 Å². The van der Waals surface area contributed by atoms with Crippen molar-refractivity contribution < 1.29 is 5.11 Å². The molecule has 1 aromatic heterocycles. The standard InChI is InChI=1S/C13H10N2O2/c14-9-5-1-3-7-11(9)15-12-8(13(7)17)4-2-6-10(12)16/h1-6,16H,14H2,(H,15,17). The van der Waals surface area contributed by atoms with Crippen molar-refractivity contribution in [3.8, 4) is 5.75 Å². The number of hydrogen-bond acceptors (Lipinski definition) is 3. The molecule has 1 heterocycles. The van der Waals surface area contributed by atoms with Crippen LogP contribution in [0.15, 0.2) is 41.2 Å². The first kappa shape index (κ1) is 9.72. The van der Waals surface area contributed by atoms with Crippen molar-refractivity contribution in [3.05, 3.63) is 46.6 Å². The van der Waals surface area contributed by atoms with Crippen molar-refractivity contribution >= 4 is 27.5 Å². The monoisotopic (exact) mass is 226 g/mol. The number of aromatic nitrogens is 1. The predicted octanol–water partition coefficient (Wildman–Crippen LogP) is 1.97. The van der Waals surface area contributed by atoms with E-state index in [0.29, 0.717) is 27.5 Å². The van der Waals surface area contributed by atoms with Gasteiger partial charge in [-0.2, -0.15) is 0 Å². The highest BCUT2D eigenvalue weighted by atomic mass is 16.3. The first-order chi connectivity index (χ1) is 8.18. The van der Waals surface area contributed by atoms with Crippen LogP contribution in [0.1, 0.15) is 0 Å². The molecule has 0 radical (unpaired) electrons. The van der Waals surface area contributed by atoms with E-state index in [9.17, 15) is 9.90 Å². The summed E-state index contributed by atoms with van der Waals surface area (Å²) in [5.41, 5.74) is 7.16. The fourth-order valence-electron chi connectivity index (χ4n) is 2.03. The highest BCUT2D eigenvalue weighted by molar-refractivity contribution is 5.99. The Hall–Kier alpha value is -2.49. The van der Waals surface area contributed by atoms with Crippen molar-refractivity contribution in [2.45, 2.75) is 0 Å². The molecule has 3 aromatic rings. The minimum atomic E-state index is -0.128. The van der Waals surface area contributed by atoms with Crippen molar-refractivity contribution in [2.24, 2.45) is 0 Å². The van der Waals surface area contributed by atoms with Crippen LogP contribution in [-0.2, 0) is 0 Å². The second-order valence-electron chi connectivity index (χ2n) is 3.92. The van der Waals surface area contributed by atoms with Crippen LogP contribution in [0.3, 0.4) is 0 Å². The lowest BCUT2D eigenvalue weighted by molar-refractivity contribution is 0.480. The van der Waals surface area contributed by atoms with Crippen LogP contribution in [0.25, 0.3) is 21.8 Å². The average Bonchev–Trinajstić information content (AvgIpc) is 2.32. The maximum atomic E-state index is 12.2. The van der Waals surface area contributed by atoms with E-state index in [1.54, 1.807) is 30.3 Å². The van der Waals surface area contributed by atoms with Gasteiger partial charge < -0.3 is 15.8 Å². The number of anilines is 1. The van der Waals surface area contributed by atoms with E-state index >= 15 is 0 Å². The molecule has 0 amide bonds. The predicted molar refractivity (Wildman–Crippen MR) is 68.2 cm³/mol. The Balaban J connectivity index is 2.68. The maximum Gasteiger partial charge on any atom is 0.197 e. The summed E-state index contributed by atoms with van der Waals surface area (Å²) in [6, 6.07) is 10.0. The molecule has 17 heavy (non-hydrogen) atoms. The van der Waals surface area contributed by atoms with Gasteiger partial charge in [0.2, 0.25) is 0 Å². The summed E-state index contributed by atoms with van der Waals surface area (Å²) in [5.74, 6) is 0.0461. The second-order valence-corrected chi connectivity index (χ2v) is 3.92. The van der Waals surface area contributed by atoms with Gasteiger partial charge in [-0.15, -0.1) is 0 Å². The van der Waals surface area contributed by atoms with Gasteiger partial charge in [-0.05, 0) is 24.3 Å². The van der Waals surface area contributed by atoms with Gasteiger partial charge in [0.15, 0.2) is 5.43 Å². The molecular formula is C13H10N2O2. The third-order valence-electron chi connectivity index (χ3n) is 2.88. The molecule has 0 aliphatic heterocycles. The number of H-pyrrole nitrogens is 1. The lowest BCUT2D eigenvalue weighted by Gasteiger charge is -2.05. The van der Waals surface area contributed by atoms with Crippen LogP contribution in [0, 0.1) is 0 Å². The van der Waals surface area contributed by atoms with E-state index in [4.69, 9.17) is 5.73 Å². The topological polar surface area (TPSA) is 79.1 Å². The Morgan fingerprint density at radius 3 is 2.41 bits per heavy atom. The summed E-state index contributed by atoms with van der Waals surface area (Å²) < 4.78 is 0. The number of nitrogens with one attached hydrogen (secondary N) is 1. The zero-order valence-electron chi connectivity index (χ0n) is 8.90. The Bertz CT molecular complexity index is 727. The molecule has 0 fully saturated rings. The number of benzene rings is 2. The van der Waals surface area contributed by atoms with Gasteiger partial charge in [-0.3, -0.25) is 4.79 Å². The molecule has 2 aromatic carbocycles. The zero-order chi connectivity index (χ0) is 12.0. The van der Waals surface area contributed by atoms with E-state index in [1.165, 1.54) is 6.07 Å². The number of nitrogens with two attached hydrogens (primary N) is 1.